The van der Waals surface area contributed by atoms with Crippen LogP contribution in [0.25, 0.3) is 0 Å². The molecule has 0 radical (unpaired) electrons. The fourth-order valence-electron chi connectivity index (χ4n) is 3.08. The van der Waals surface area contributed by atoms with Crippen molar-refractivity contribution in [3.05, 3.63) is 24.3 Å². The van der Waals surface area contributed by atoms with Crippen molar-refractivity contribution in [3.8, 4) is 0 Å². The van der Waals surface area contributed by atoms with Crippen molar-refractivity contribution in [2.24, 2.45) is 0 Å². The van der Waals surface area contributed by atoms with E-state index in [1.54, 1.807) is 12.4 Å². The van der Waals surface area contributed by atoms with Gasteiger partial charge in [-0.1, -0.05) is 13.8 Å². The summed E-state index contributed by atoms with van der Waals surface area (Å²) in [7, 11) is 0. The summed E-state index contributed by atoms with van der Waals surface area (Å²) in [4.78, 5) is 11.4. The van der Waals surface area contributed by atoms with Gasteiger partial charge in [0.15, 0.2) is 0 Å². The zero-order chi connectivity index (χ0) is 15.1. The van der Waals surface area contributed by atoms with Crippen LogP contribution in [0.2, 0.25) is 0 Å². The maximum absolute atomic E-state index is 5.52. The highest BCUT2D eigenvalue weighted by Gasteiger charge is 2.40. The van der Waals surface area contributed by atoms with Crippen LogP contribution < -0.4 is 5.32 Å². The Kier molecular flexibility index (Phi) is 6.08. The third-order valence-corrected chi connectivity index (χ3v) is 4.55. The molecule has 1 aromatic rings. The van der Waals surface area contributed by atoms with Gasteiger partial charge < -0.3 is 10.1 Å². The van der Waals surface area contributed by atoms with Gasteiger partial charge in [0.1, 0.15) is 0 Å². The second kappa shape index (κ2) is 7.82. The molecule has 21 heavy (non-hydrogen) atoms. The lowest BCUT2D eigenvalue weighted by molar-refractivity contribution is -0.0334. The summed E-state index contributed by atoms with van der Waals surface area (Å²) in [5.41, 5.74) is 1.05. The molecule has 1 aliphatic rings. The summed E-state index contributed by atoms with van der Waals surface area (Å²) >= 11 is 0. The summed E-state index contributed by atoms with van der Waals surface area (Å²) in [6, 6.07) is 0.189. The first-order valence-corrected chi connectivity index (χ1v) is 8.04. The van der Waals surface area contributed by atoms with E-state index in [0.717, 1.165) is 51.4 Å². The Morgan fingerprint density at radius 2 is 2.10 bits per heavy atom. The minimum Gasteiger partial charge on any atom is -0.379 e. The van der Waals surface area contributed by atoms with Crippen LogP contribution >= 0.6 is 0 Å². The van der Waals surface area contributed by atoms with Crippen molar-refractivity contribution in [1.29, 1.82) is 0 Å². The van der Waals surface area contributed by atoms with E-state index in [0.29, 0.717) is 0 Å². The molecule has 1 aromatic heterocycles. The minimum absolute atomic E-state index is 0.0228. The molecule has 1 N–H and O–H groups in total. The monoisotopic (exact) mass is 292 g/mol. The van der Waals surface area contributed by atoms with Crippen LogP contribution in [-0.2, 0) is 4.74 Å². The topological polar surface area (TPSA) is 50.3 Å². The Morgan fingerprint density at radius 1 is 1.33 bits per heavy atom. The fraction of sp³-hybridized carbons (Fsp3) is 0.750. The molecule has 1 fully saturated rings. The second-order valence-electron chi connectivity index (χ2n) is 5.83. The number of nitrogens with one attached hydrogen (secondary N) is 1. The first-order chi connectivity index (χ1) is 10.2. The Balaban J connectivity index is 2.26. The molecule has 118 valence electrons. The maximum atomic E-state index is 5.52. The molecule has 1 aliphatic heterocycles. The highest BCUT2D eigenvalue weighted by molar-refractivity contribution is 5.12. The van der Waals surface area contributed by atoms with Crippen LogP contribution in [0.1, 0.15) is 45.3 Å². The summed E-state index contributed by atoms with van der Waals surface area (Å²) < 4.78 is 5.52. The molecule has 1 saturated heterocycles. The largest absolute Gasteiger partial charge is 0.379 e. The van der Waals surface area contributed by atoms with Crippen molar-refractivity contribution in [2.45, 2.75) is 45.2 Å². The van der Waals surface area contributed by atoms with Gasteiger partial charge in [-0.15, -0.1) is 0 Å². The van der Waals surface area contributed by atoms with Crippen molar-refractivity contribution in [2.75, 3.05) is 32.8 Å². The number of nitrogens with zero attached hydrogens (tertiary/aromatic N) is 3. The summed E-state index contributed by atoms with van der Waals surface area (Å²) in [5, 5.41) is 3.69. The highest BCUT2D eigenvalue weighted by atomic mass is 16.5. The highest BCUT2D eigenvalue weighted by Crippen LogP contribution is 2.33. The molecule has 5 nitrogen and oxygen atoms in total. The SMILES string of the molecule is CCCNC(c1cnccn1)C(C)(CC)N1CCOCC1. The van der Waals surface area contributed by atoms with E-state index in [9.17, 15) is 0 Å². The van der Waals surface area contributed by atoms with Crippen molar-refractivity contribution in [1.82, 2.24) is 20.2 Å². The Labute approximate surface area is 128 Å². The first kappa shape index (κ1) is 16.3. The van der Waals surface area contributed by atoms with E-state index in [-0.39, 0.29) is 11.6 Å². The van der Waals surface area contributed by atoms with Gasteiger partial charge in [0, 0.05) is 31.0 Å². The van der Waals surface area contributed by atoms with Gasteiger partial charge in [0.25, 0.3) is 0 Å². The van der Waals surface area contributed by atoms with Gasteiger partial charge in [-0.3, -0.25) is 14.9 Å². The summed E-state index contributed by atoms with van der Waals surface area (Å²) in [6.45, 7) is 11.4. The van der Waals surface area contributed by atoms with Gasteiger partial charge in [-0.05, 0) is 26.3 Å². The van der Waals surface area contributed by atoms with Gasteiger partial charge >= 0.3 is 0 Å². The average Bonchev–Trinajstić information content (AvgIpc) is 2.56. The number of morpholine rings is 1. The van der Waals surface area contributed by atoms with Crippen LogP contribution in [0, 0.1) is 0 Å². The number of hydrogen-bond acceptors (Lipinski definition) is 5. The third kappa shape index (κ3) is 3.78. The number of ether oxygens (including phenoxy) is 1. The molecule has 2 heterocycles. The third-order valence-electron chi connectivity index (χ3n) is 4.55. The van der Waals surface area contributed by atoms with Crippen LogP contribution in [0.15, 0.2) is 18.6 Å². The molecule has 2 atom stereocenters. The van der Waals surface area contributed by atoms with E-state index in [4.69, 9.17) is 4.74 Å². The Morgan fingerprint density at radius 3 is 2.67 bits per heavy atom. The molecule has 0 aromatic carbocycles. The molecule has 0 spiro atoms. The lowest BCUT2D eigenvalue weighted by Gasteiger charge is -2.47. The molecular weight excluding hydrogens is 264 g/mol. The summed E-state index contributed by atoms with van der Waals surface area (Å²) in [5.74, 6) is 0. The molecule has 0 saturated carbocycles. The normalized spacial score (nSPS) is 20.9. The van der Waals surface area contributed by atoms with Crippen molar-refractivity contribution >= 4 is 0 Å². The minimum atomic E-state index is 0.0228. The van der Waals surface area contributed by atoms with Gasteiger partial charge in [0.2, 0.25) is 0 Å². The number of hydrogen-bond donors (Lipinski definition) is 1. The van der Waals surface area contributed by atoms with Crippen LogP contribution in [-0.4, -0.2) is 53.3 Å². The van der Waals surface area contributed by atoms with Crippen LogP contribution in [0.4, 0.5) is 0 Å². The lowest BCUT2D eigenvalue weighted by atomic mass is 9.84. The molecule has 0 amide bonds. The molecule has 2 unspecified atom stereocenters. The van der Waals surface area contributed by atoms with Crippen LogP contribution in [0.5, 0.6) is 0 Å². The van der Waals surface area contributed by atoms with Crippen LogP contribution in [0.3, 0.4) is 0 Å². The molecule has 5 heteroatoms. The lowest BCUT2D eigenvalue weighted by Crippen LogP contribution is -2.58. The quantitative estimate of drug-likeness (QED) is 0.833. The number of aromatic nitrogens is 2. The average molecular weight is 292 g/mol. The smallest absolute Gasteiger partial charge is 0.0774 e. The van der Waals surface area contributed by atoms with Gasteiger partial charge in [0.05, 0.1) is 31.1 Å². The summed E-state index contributed by atoms with van der Waals surface area (Å²) in [6.07, 6.45) is 7.58. The van der Waals surface area contributed by atoms with E-state index in [1.165, 1.54) is 0 Å². The predicted molar refractivity (Wildman–Crippen MR) is 84.2 cm³/mol. The molecule has 2 rings (SSSR count). The van der Waals surface area contributed by atoms with E-state index in [2.05, 4.69) is 41.0 Å². The van der Waals surface area contributed by atoms with E-state index in [1.807, 2.05) is 6.20 Å². The molecule has 0 bridgehead atoms. The molecule has 0 aliphatic carbocycles. The standard InChI is InChI=1S/C16H28N4O/c1-4-6-19-15(14-13-17-7-8-18-14)16(3,5-2)20-9-11-21-12-10-20/h7-8,13,15,19H,4-6,9-12H2,1-3H3. The second-order valence-corrected chi connectivity index (χ2v) is 5.83. The predicted octanol–water partition coefficient (Wildman–Crippen LogP) is 2.02. The Bertz CT molecular complexity index is 408. The van der Waals surface area contributed by atoms with Gasteiger partial charge in [-0.25, -0.2) is 0 Å². The Hall–Kier alpha value is -1.04. The molecular formula is C16H28N4O. The van der Waals surface area contributed by atoms with E-state index < -0.39 is 0 Å². The maximum Gasteiger partial charge on any atom is 0.0774 e. The van der Waals surface area contributed by atoms with Crippen molar-refractivity contribution < 1.29 is 4.74 Å². The van der Waals surface area contributed by atoms with Crippen molar-refractivity contribution in [3.63, 3.8) is 0 Å². The zero-order valence-electron chi connectivity index (χ0n) is 13.5. The number of rotatable bonds is 7. The zero-order valence-corrected chi connectivity index (χ0v) is 13.5. The van der Waals surface area contributed by atoms with E-state index >= 15 is 0 Å². The fourth-order valence-corrected chi connectivity index (χ4v) is 3.08. The first-order valence-electron chi connectivity index (χ1n) is 8.04. The van der Waals surface area contributed by atoms with Gasteiger partial charge in [-0.2, -0.15) is 0 Å².